The Balaban J connectivity index is 1.02. The number of para-hydroxylation sites is 1. The van der Waals surface area contributed by atoms with Crippen LogP contribution in [-0.4, -0.2) is 41.6 Å². The number of anilines is 1. The molecule has 1 saturated heterocycles. The van der Waals surface area contributed by atoms with Crippen LogP contribution in [0.3, 0.4) is 0 Å². The molecule has 0 unspecified atom stereocenters. The maximum atomic E-state index is 15.3. The zero-order valence-electron chi connectivity index (χ0n) is 22.4. The van der Waals surface area contributed by atoms with Gasteiger partial charge in [-0.05, 0) is 85.8 Å². The maximum absolute atomic E-state index is 15.3. The number of nitrogens with zero attached hydrogens (tertiary/aromatic N) is 3. The van der Waals surface area contributed by atoms with Crippen LogP contribution in [0.1, 0.15) is 67.2 Å². The molecule has 2 aromatic carbocycles. The largest absolute Gasteiger partial charge is 0.469 e. The second-order valence-electron chi connectivity index (χ2n) is 11.8. The van der Waals surface area contributed by atoms with Gasteiger partial charge in [0, 0.05) is 18.5 Å². The van der Waals surface area contributed by atoms with E-state index in [2.05, 4.69) is 10.00 Å². The second-order valence-corrected chi connectivity index (χ2v) is 12.6. The third-order valence-corrected chi connectivity index (χ3v) is 10.0. The van der Waals surface area contributed by atoms with Crippen LogP contribution in [0.2, 0.25) is 10.0 Å². The van der Waals surface area contributed by atoms with E-state index in [4.69, 9.17) is 32.7 Å². The van der Waals surface area contributed by atoms with Crippen molar-refractivity contribution in [2.45, 2.75) is 69.1 Å². The number of rotatable bonds is 8. The Labute approximate surface area is 243 Å². The first-order valence-electron chi connectivity index (χ1n) is 14.2. The number of esters is 1. The highest BCUT2D eigenvalue weighted by Crippen LogP contribution is 2.47. The van der Waals surface area contributed by atoms with Gasteiger partial charge in [-0.15, -0.1) is 0 Å². The first kappa shape index (κ1) is 26.3. The van der Waals surface area contributed by atoms with Gasteiger partial charge >= 0.3 is 5.97 Å². The molecule has 40 heavy (non-hydrogen) atoms. The van der Waals surface area contributed by atoms with Crippen molar-refractivity contribution in [3.05, 3.63) is 75.3 Å². The van der Waals surface area contributed by atoms with Crippen molar-refractivity contribution >= 4 is 34.9 Å². The molecular formula is C31H32Cl2FN3O3. The van der Waals surface area contributed by atoms with Crippen molar-refractivity contribution in [1.29, 1.82) is 0 Å². The van der Waals surface area contributed by atoms with Crippen molar-refractivity contribution in [2.24, 2.45) is 11.8 Å². The molecule has 3 saturated carbocycles. The Hall–Kier alpha value is -2.61. The number of hydrogen-bond acceptors (Lipinski definition) is 5. The molecule has 0 amide bonds. The Bertz CT molecular complexity index is 1430. The lowest BCUT2D eigenvalue weighted by Crippen LogP contribution is -2.39. The summed E-state index contributed by atoms with van der Waals surface area (Å²) in [6, 6.07) is 11.3. The number of carbonyl (C=O) groups excluding carboxylic acids is 1. The SMILES string of the molecule is COC(=O)C1CC(c2ccc(N3C[C@@H]4C[C@H]3C[C@H]4OCc3c(C4CC4)cnn3-c3c(Cl)cccc3Cl)c(F)c2)C1. The molecule has 7 rings (SSSR count). The minimum Gasteiger partial charge on any atom is -0.469 e. The molecule has 0 N–H and O–H groups in total. The Morgan fingerprint density at radius 3 is 2.50 bits per heavy atom. The predicted octanol–water partition coefficient (Wildman–Crippen LogP) is 7.05. The number of piperidine rings is 1. The smallest absolute Gasteiger partial charge is 0.308 e. The van der Waals surface area contributed by atoms with E-state index in [-0.39, 0.29) is 35.8 Å². The summed E-state index contributed by atoms with van der Waals surface area (Å²) < 4.78 is 28.5. The number of carbonyl (C=O) groups is 1. The molecule has 6 nitrogen and oxygen atoms in total. The highest BCUT2D eigenvalue weighted by atomic mass is 35.5. The topological polar surface area (TPSA) is 56.6 Å². The molecule has 4 fully saturated rings. The average molecular weight is 585 g/mol. The normalized spacial score (nSPS) is 27.2. The minimum absolute atomic E-state index is 0.0651. The van der Waals surface area contributed by atoms with Crippen molar-refractivity contribution in [2.75, 3.05) is 18.6 Å². The van der Waals surface area contributed by atoms with E-state index in [1.807, 2.05) is 41.2 Å². The lowest BCUT2D eigenvalue weighted by molar-refractivity contribution is -0.148. The van der Waals surface area contributed by atoms with E-state index in [1.54, 1.807) is 6.07 Å². The summed E-state index contributed by atoms with van der Waals surface area (Å²) in [6.45, 7) is 1.23. The van der Waals surface area contributed by atoms with Gasteiger partial charge in [0.05, 0.1) is 53.4 Å². The standard InChI is InChI=1S/C31H32Cl2FN3O3/c1-39-31(38)20-9-19(10-20)18-7-8-27(26(34)12-18)36-15-21-11-22(36)13-29(21)40-16-28-23(17-5-6-17)14-35-37(28)30-24(32)3-2-4-25(30)33/h2-4,7-8,12,14,17,19-22,29H,5-6,9-11,13,15-16H2,1H3/t19?,20?,21-,22-,29+/m0/s1. The van der Waals surface area contributed by atoms with Crippen LogP contribution in [0.15, 0.2) is 42.6 Å². The first-order chi connectivity index (χ1) is 19.4. The third kappa shape index (κ3) is 4.60. The van der Waals surface area contributed by atoms with Crippen LogP contribution in [0.5, 0.6) is 0 Å². The van der Waals surface area contributed by atoms with Gasteiger partial charge in [0.2, 0.25) is 0 Å². The van der Waals surface area contributed by atoms with Gasteiger partial charge in [-0.3, -0.25) is 4.79 Å². The molecule has 0 radical (unpaired) electrons. The number of fused-ring (bicyclic) bond motifs is 2. The van der Waals surface area contributed by atoms with E-state index in [0.29, 0.717) is 39.9 Å². The first-order valence-corrected chi connectivity index (χ1v) is 14.9. The van der Waals surface area contributed by atoms with E-state index in [1.165, 1.54) is 12.7 Å². The number of benzene rings is 2. The predicted molar refractivity (Wildman–Crippen MR) is 152 cm³/mol. The minimum atomic E-state index is -0.182. The monoisotopic (exact) mass is 583 g/mol. The molecule has 0 spiro atoms. The molecule has 3 aromatic rings. The van der Waals surface area contributed by atoms with E-state index < -0.39 is 0 Å². The second kappa shape index (κ2) is 10.3. The molecule has 3 aliphatic carbocycles. The molecule has 3 atom stereocenters. The average Bonchev–Trinajstić information content (AvgIpc) is 3.37. The summed E-state index contributed by atoms with van der Waals surface area (Å²) in [5.41, 5.74) is 4.56. The number of methoxy groups -OCH3 is 1. The summed E-state index contributed by atoms with van der Waals surface area (Å²) in [7, 11) is 1.42. The zero-order chi connectivity index (χ0) is 27.5. The van der Waals surface area contributed by atoms with Crippen LogP contribution in [-0.2, 0) is 20.9 Å². The van der Waals surface area contributed by atoms with Gasteiger partial charge in [0.25, 0.3) is 0 Å². The van der Waals surface area contributed by atoms with Gasteiger partial charge in [0.15, 0.2) is 0 Å². The van der Waals surface area contributed by atoms with Gasteiger partial charge in [-0.1, -0.05) is 35.3 Å². The van der Waals surface area contributed by atoms with Crippen molar-refractivity contribution in [3.8, 4) is 5.69 Å². The molecule has 1 aliphatic heterocycles. The lowest BCUT2D eigenvalue weighted by Gasteiger charge is -2.35. The Morgan fingerprint density at radius 1 is 1.07 bits per heavy atom. The summed E-state index contributed by atoms with van der Waals surface area (Å²) in [5, 5.41) is 5.78. The summed E-state index contributed by atoms with van der Waals surface area (Å²) in [5.74, 6) is 0.667. The van der Waals surface area contributed by atoms with E-state index >= 15 is 4.39 Å². The van der Waals surface area contributed by atoms with Crippen LogP contribution in [0.25, 0.3) is 5.69 Å². The molecule has 1 aromatic heterocycles. The van der Waals surface area contributed by atoms with Crippen molar-refractivity contribution in [3.63, 3.8) is 0 Å². The van der Waals surface area contributed by atoms with Gasteiger partial charge in [-0.2, -0.15) is 5.10 Å². The van der Waals surface area contributed by atoms with E-state index in [0.717, 1.165) is 56.3 Å². The molecule has 9 heteroatoms. The Kier molecular flexibility index (Phi) is 6.80. The number of aromatic nitrogens is 2. The zero-order valence-corrected chi connectivity index (χ0v) is 23.9. The van der Waals surface area contributed by atoms with Crippen LogP contribution >= 0.6 is 23.2 Å². The molecule has 2 bridgehead atoms. The van der Waals surface area contributed by atoms with Gasteiger partial charge < -0.3 is 14.4 Å². The fourth-order valence-corrected chi connectivity index (χ4v) is 7.56. The molecular weight excluding hydrogens is 552 g/mol. The maximum Gasteiger partial charge on any atom is 0.308 e. The molecule has 2 heterocycles. The highest BCUT2D eigenvalue weighted by Gasteiger charge is 2.46. The van der Waals surface area contributed by atoms with Crippen LogP contribution < -0.4 is 4.90 Å². The third-order valence-electron chi connectivity index (χ3n) is 9.40. The molecule has 4 aliphatic rings. The van der Waals surface area contributed by atoms with Crippen LogP contribution in [0, 0.1) is 17.7 Å². The highest BCUT2D eigenvalue weighted by molar-refractivity contribution is 6.37. The summed E-state index contributed by atoms with van der Waals surface area (Å²) in [4.78, 5) is 13.9. The fourth-order valence-electron chi connectivity index (χ4n) is 7.00. The summed E-state index contributed by atoms with van der Waals surface area (Å²) in [6.07, 6.45) is 7.70. The van der Waals surface area contributed by atoms with E-state index in [9.17, 15) is 4.79 Å². The summed E-state index contributed by atoms with van der Waals surface area (Å²) >= 11 is 13.1. The van der Waals surface area contributed by atoms with Crippen LogP contribution in [0.4, 0.5) is 10.1 Å². The number of halogens is 3. The fraction of sp³-hybridized carbons (Fsp3) is 0.484. The van der Waals surface area contributed by atoms with Crippen molar-refractivity contribution < 1.29 is 18.7 Å². The number of hydrogen-bond donors (Lipinski definition) is 0. The van der Waals surface area contributed by atoms with Gasteiger partial charge in [-0.25, -0.2) is 9.07 Å². The lowest BCUT2D eigenvalue weighted by atomic mass is 9.71. The number of ether oxygens (including phenoxy) is 2. The van der Waals surface area contributed by atoms with Crippen molar-refractivity contribution in [1.82, 2.24) is 9.78 Å². The van der Waals surface area contributed by atoms with Gasteiger partial charge in [0.1, 0.15) is 11.5 Å². The Morgan fingerprint density at radius 2 is 1.85 bits per heavy atom. The molecule has 210 valence electrons. The quantitative estimate of drug-likeness (QED) is 0.266.